The Hall–Kier alpha value is -2.19. The minimum Gasteiger partial charge on any atom is -0.309 e. The minimum atomic E-state index is 0.850. The van der Waals surface area contributed by atoms with E-state index in [1.807, 2.05) is 12.4 Å². The molecular formula is C18H18N2. The van der Waals surface area contributed by atoms with Crippen LogP contribution < -0.4 is 5.32 Å². The molecular weight excluding hydrogens is 244 g/mol. The van der Waals surface area contributed by atoms with Crippen LogP contribution in [0.5, 0.6) is 0 Å². The van der Waals surface area contributed by atoms with Crippen molar-refractivity contribution in [2.24, 2.45) is 0 Å². The molecule has 20 heavy (non-hydrogen) atoms. The average Bonchev–Trinajstić information content (AvgIpc) is 2.49. The Morgan fingerprint density at radius 2 is 1.70 bits per heavy atom. The van der Waals surface area contributed by atoms with Crippen molar-refractivity contribution >= 4 is 10.8 Å². The summed E-state index contributed by atoms with van der Waals surface area (Å²) < 4.78 is 0. The number of pyridine rings is 1. The first-order valence-electron chi connectivity index (χ1n) is 6.91. The van der Waals surface area contributed by atoms with Gasteiger partial charge in [-0.05, 0) is 40.5 Å². The summed E-state index contributed by atoms with van der Waals surface area (Å²) >= 11 is 0. The van der Waals surface area contributed by atoms with Crippen molar-refractivity contribution in [3.8, 4) is 0 Å². The lowest BCUT2D eigenvalue weighted by molar-refractivity contribution is 0.691. The zero-order chi connectivity index (χ0) is 13.8. The van der Waals surface area contributed by atoms with Gasteiger partial charge in [-0.25, -0.2) is 0 Å². The molecule has 3 rings (SSSR count). The molecule has 0 unspecified atom stereocenters. The van der Waals surface area contributed by atoms with Crippen LogP contribution in [0.2, 0.25) is 0 Å². The van der Waals surface area contributed by atoms with Gasteiger partial charge in [0.25, 0.3) is 0 Å². The van der Waals surface area contributed by atoms with Gasteiger partial charge in [-0.15, -0.1) is 0 Å². The molecule has 0 radical (unpaired) electrons. The third kappa shape index (κ3) is 2.70. The molecule has 2 heteroatoms. The fraction of sp³-hybridized carbons (Fsp3) is 0.167. The van der Waals surface area contributed by atoms with E-state index in [0.29, 0.717) is 0 Å². The quantitative estimate of drug-likeness (QED) is 0.773. The summed E-state index contributed by atoms with van der Waals surface area (Å²) in [6.45, 7) is 3.84. The molecule has 0 aliphatic rings. The van der Waals surface area contributed by atoms with Crippen molar-refractivity contribution in [1.29, 1.82) is 0 Å². The average molecular weight is 262 g/mol. The fourth-order valence-electron chi connectivity index (χ4n) is 2.46. The van der Waals surface area contributed by atoms with Crippen molar-refractivity contribution in [2.75, 3.05) is 0 Å². The summed E-state index contributed by atoms with van der Waals surface area (Å²) in [6, 6.07) is 17.0. The molecule has 0 saturated heterocycles. The maximum Gasteiger partial charge on any atom is 0.0315 e. The Morgan fingerprint density at radius 1 is 0.900 bits per heavy atom. The summed E-state index contributed by atoms with van der Waals surface area (Å²) in [5.41, 5.74) is 3.88. The monoisotopic (exact) mass is 262 g/mol. The topological polar surface area (TPSA) is 24.9 Å². The summed E-state index contributed by atoms with van der Waals surface area (Å²) in [5.74, 6) is 0. The van der Waals surface area contributed by atoms with Crippen LogP contribution in [0.15, 0.2) is 60.9 Å². The standard InChI is InChI=1S/C18H18N2/c1-14-9-10-19-12-17(14)13-20-11-16-7-4-6-15-5-2-3-8-18(15)16/h2-10,12,20H,11,13H2,1H3. The van der Waals surface area contributed by atoms with E-state index < -0.39 is 0 Å². The SMILES string of the molecule is Cc1ccncc1CNCc1cccc2ccccc12. The minimum absolute atomic E-state index is 0.850. The molecule has 0 aliphatic heterocycles. The van der Waals surface area contributed by atoms with E-state index >= 15 is 0 Å². The Kier molecular flexibility index (Phi) is 3.75. The molecule has 3 aromatic rings. The molecule has 0 aliphatic carbocycles. The lowest BCUT2D eigenvalue weighted by atomic mass is 10.0. The van der Waals surface area contributed by atoms with Crippen LogP contribution in [0.4, 0.5) is 0 Å². The van der Waals surface area contributed by atoms with Crippen LogP contribution >= 0.6 is 0 Å². The highest BCUT2D eigenvalue weighted by atomic mass is 14.9. The highest BCUT2D eigenvalue weighted by Crippen LogP contribution is 2.18. The maximum absolute atomic E-state index is 4.18. The van der Waals surface area contributed by atoms with Gasteiger partial charge in [0, 0.05) is 25.5 Å². The van der Waals surface area contributed by atoms with Crippen molar-refractivity contribution < 1.29 is 0 Å². The number of nitrogens with one attached hydrogen (secondary N) is 1. The summed E-state index contributed by atoms with van der Waals surface area (Å²) in [4.78, 5) is 4.18. The van der Waals surface area contributed by atoms with Gasteiger partial charge in [-0.1, -0.05) is 42.5 Å². The predicted molar refractivity (Wildman–Crippen MR) is 83.5 cm³/mol. The highest BCUT2D eigenvalue weighted by Gasteiger charge is 2.01. The third-order valence-corrected chi connectivity index (χ3v) is 3.66. The summed E-state index contributed by atoms with van der Waals surface area (Å²) in [6.07, 6.45) is 3.77. The van der Waals surface area contributed by atoms with E-state index in [1.165, 1.54) is 27.5 Å². The molecule has 0 atom stereocenters. The van der Waals surface area contributed by atoms with Gasteiger partial charge in [0.05, 0.1) is 0 Å². The zero-order valence-corrected chi connectivity index (χ0v) is 11.6. The Bertz CT molecular complexity index is 714. The second-order valence-corrected chi connectivity index (χ2v) is 5.04. The van der Waals surface area contributed by atoms with Crippen LogP contribution in [0.1, 0.15) is 16.7 Å². The van der Waals surface area contributed by atoms with E-state index in [2.05, 4.69) is 65.8 Å². The van der Waals surface area contributed by atoms with Crippen molar-refractivity contribution in [1.82, 2.24) is 10.3 Å². The summed E-state index contributed by atoms with van der Waals surface area (Å²) in [7, 11) is 0. The number of fused-ring (bicyclic) bond motifs is 1. The summed E-state index contributed by atoms with van der Waals surface area (Å²) in [5, 5.41) is 6.13. The van der Waals surface area contributed by atoms with Gasteiger partial charge in [-0.2, -0.15) is 0 Å². The fourth-order valence-corrected chi connectivity index (χ4v) is 2.46. The molecule has 0 bridgehead atoms. The van der Waals surface area contributed by atoms with E-state index in [1.54, 1.807) is 0 Å². The van der Waals surface area contributed by atoms with Crippen molar-refractivity contribution in [3.63, 3.8) is 0 Å². The first kappa shape index (κ1) is 12.8. The smallest absolute Gasteiger partial charge is 0.0315 e. The van der Waals surface area contributed by atoms with Crippen LogP contribution in [-0.2, 0) is 13.1 Å². The normalized spacial score (nSPS) is 10.8. The van der Waals surface area contributed by atoms with Crippen LogP contribution in [0.3, 0.4) is 0 Å². The Balaban J connectivity index is 1.73. The van der Waals surface area contributed by atoms with E-state index in [-0.39, 0.29) is 0 Å². The van der Waals surface area contributed by atoms with Gasteiger partial charge in [0.1, 0.15) is 0 Å². The largest absolute Gasteiger partial charge is 0.309 e. The highest BCUT2D eigenvalue weighted by molar-refractivity contribution is 5.85. The molecule has 2 aromatic carbocycles. The van der Waals surface area contributed by atoms with Gasteiger partial charge < -0.3 is 5.32 Å². The lowest BCUT2D eigenvalue weighted by Crippen LogP contribution is -2.13. The molecule has 0 amide bonds. The first-order valence-corrected chi connectivity index (χ1v) is 6.91. The van der Waals surface area contributed by atoms with E-state index in [4.69, 9.17) is 0 Å². The van der Waals surface area contributed by atoms with Crippen LogP contribution in [0, 0.1) is 6.92 Å². The molecule has 0 fully saturated rings. The van der Waals surface area contributed by atoms with Gasteiger partial charge in [-0.3, -0.25) is 4.98 Å². The van der Waals surface area contributed by atoms with E-state index in [0.717, 1.165) is 13.1 Å². The molecule has 0 spiro atoms. The first-order chi connectivity index (χ1) is 9.84. The molecule has 0 saturated carbocycles. The Labute approximate surface area is 119 Å². The molecule has 100 valence electrons. The predicted octanol–water partition coefficient (Wildman–Crippen LogP) is 3.83. The number of hydrogen-bond acceptors (Lipinski definition) is 2. The number of benzene rings is 2. The second kappa shape index (κ2) is 5.85. The third-order valence-electron chi connectivity index (χ3n) is 3.66. The molecule has 1 aromatic heterocycles. The van der Waals surface area contributed by atoms with E-state index in [9.17, 15) is 0 Å². The molecule has 1 N–H and O–H groups in total. The molecule has 1 heterocycles. The second-order valence-electron chi connectivity index (χ2n) is 5.04. The van der Waals surface area contributed by atoms with Gasteiger partial charge in [0.15, 0.2) is 0 Å². The van der Waals surface area contributed by atoms with Crippen LogP contribution in [0.25, 0.3) is 10.8 Å². The maximum atomic E-state index is 4.18. The van der Waals surface area contributed by atoms with Gasteiger partial charge >= 0.3 is 0 Å². The Morgan fingerprint density at radius 3 is 2.60 bits per heavy atom. The van der Waals surface area contributed by atoms with Gasteiger partial charge in [0.2, 0.25) is 0 Å². The number of aromatic nitrogens is 1. The zero-order valence-electron chi connectivity index (χ0n) is 11.6. The molecule has 2 nitrogen and oxygen atoms in total. The van der Waals surface area contributed by atoms with Crippen LogP contribution in [-0.4, -0.2) is 4.98 Å². The van der Waals surface area contributed by atoms with Crippen molar-refractivity contribution in [2.45, 2.75) is 20.0 Å². The lowest BCUT2D eigenvalue weighted by Gasteiger charge is -2.09. The number of hydrogen-bond donors (Lipinski definition) is 1. The number of nitrogens with zero attached hydrogens (tertiary/aromatic N) is 1. The number of aryl methyl sites for hydroxylation is 1. The number of rotatable bonds is 4. The van der Waals surface area contributed by atoms with Crippen molar-refractivity contribution in [3.05, 3.63) is 77.6 Å².